The van der Waals surface area contributed by atoms with Gasteiger partial charge in [-0.05, 0) is 39.8 Å². The predicted molar refractivity (Wildman–Crippen MR) is 67.5 cm³/mol. The summed E-state index contributed by atoms with van der Waals surface area (Å²) >= 11 is 0. The standard InChI is InChI=1S/C13H27NO2/c1-5-7-9-14(10-8-6-2)11-13(15)16-12(3)4/h12H,5-11H2,1-4H3. The van der Waals surface area contributed by atoms with Crippen molar-refractivity contribution >= 4 is 5.97 Å². The van der Waals surface area contributed by atoms with Gasteiger partial charge in [-0.3, -0.25) is 9.69 Å². The third-order valence-corrected chi connectivity index (χ3v) is 2.38. The molecular formula is C13H27NO2. The number of nitrogens with zero attached hydrogens (tertiary/aromatic N) is 1. The molecule has 0 aromatic carbocycles. The Morgan fingerprint density at radius 2 is 1.62 bits per heavy atom. The lowest BCUT2D eigenvalue weighted by Gasteiger charge is -2.21. The highest BCUT2D eigenvalue weighted by Crippen LogP contribution is 2.00. The van der Waals surface area contributed by atoms with Gasteiger partial charge < -0.3 is 4.74 Å². The normalized spacial score (nSPS) is 11.1. The molecule has 0 unspecified atom stereocenters. The first kappa shape index (κ1) is 15.4. The smallest absolute Gasteiger partial charge is 0.320 e. The molecule has 0 atom stereocenters. The van der Waals surface area contributed by atoms with E-state index in [0.29, 0.717) is 6.54 Å². The van der Waals surface area contributed by atoms with Crippen molar-refractivity contribution < 1.29 is 9.53 Å². The molecule has 3 heteroatoms. The molecule has 0 fully saturated rings. The van der Waals surface area contributed by atoms with Crippen LogP contribution >= 0.6 is 0 Å². The Labute approximate surface area is 100 Å². The Morgan fingerprint density at radius 1 is 1.12 bits per heavy atom. The maximum absolute atomic E-state index is 11.5. The van der Waals surface area contributed by atoms with Crippen LogP contribution in [0, 0.1) is 0 Å². The average Bonchev–Trinajstić information content (AvgIpc) is 2.20. The minimum Gasteiger partial charge on any atom is -0.462 e. The van der Waals surface area contributed by atoms with Crippen LogP contribution in [0.3, 0.4) is 0 Å². The molecule has 0 heterocycles. The number of rotatable bonds is 9. The molecule has 0 rings (SSSR count). The van der Waals surface area contributed by atoms with E-state index in [1.165, 1.54) is 12.8 Å². The first-order chi connectivity index (χ1) is 7.60. The monoisotopic (exact) mass is 229 g/mol. The van der Waals surface area contributed by atoms with Gasteiger partial charge in [0.15, 0.2) is 0 Å². The molecule has 0 saturated heterocycles. The van der Waals surface area contributed by atoms with Gasteiger partial charge in [0.1, 0.15) is 0 Å². The van der Waals surface area contributed by atoms with E-state index in [9.17, 15) is 4.79 Å². The number of hydrogen-bond donors (Lipinski definition) is 0. The van der Waals surface area contributed by atoms with Crippen molar-refractivity contribution in [3.05, 3.63) is 0 Å². The molecule has 96 valence electrons. The third-order valence-electron chi connectivity index (χ3n) is 2.38. The van der Waals surface area contributed by atoms with E-state index < -0.39 is 0 Å². The van der Waals surface area contributed by atoms with Gasteiger partial charge in [-0.15, -0.1) is 0 Å². The zero-order valence-electron chi connectivity index (χ0n) is 11.3. The molecule has 0 amide bonds. The molecular weight excluding hydrogens is 202 g/mol. The Hall–Kier alpha value is -0.570. The van der Waals surface area contributed by atoms with E-state index in [4.69, 9.17) is 4.74 Å². The number of esters is 1. The van der Waals surface area contributed by atoms with Crippen LogP contribution in [0.2, 0.25) is 0 Å². The molecule has 3 nitrogen and oxygen atoms in total. The molecule has 0 aliphatic rings. The van der Waals surface area contributed by atoms with Crippen molar-refractivity contribution in [2.45, 2.75) is 59.5 Å². The van der Waals surface area contributed by atoms with Crippen LogP contribution < -0.4 is 0 Å². The summed E-state index contributed by atoms with van der Waals surface area (Å²) in [5.74, 6) is -0.0952. The van der Waals surface area contributed by atoms with E-state index in [1.54, 1.807) is 0 Å². The van der Waals surface area contributed by atoms with Crippen LogP contribution in [-0.4, -0.2) is 36.6 Å². The Morgan fingerprint density at radius 3 is 2.00 bits per heavy atom. The van der Waals surface area contributed by atoms with Crippen molar-refractivity contribution in [1.29, 1.82) is 0 Å². The van der Waals surface area contributed by atoms with Gasteiger partial charge in [0.2, 0.25) is 0 Å². The van der Waals surface area contributed by atoms with Crippen molar-refractivity contribution in [2.75, 3.05) is 19.6 Å². The Balaban J connectivity index is 3.92. The average molecular weight is 229 g/mol. The van der Waals surface area contributed by atoms with Gasteiger partial charge in [-0.2, -0.15) is 0 Å². The Kier molecular flexibility index (Phi) is 9.30. The predicted octanol–water partition coefficient (Wildman–Crippen LogP) is 2.84. The molecule has 0 spiro atoms. The lowest BCUT2D eigenvalue weighted by Crippen LogP contribution is -2.33. The topological polar surface area (TPSA) is 29.5 Å². The summed E-state index contributed by atoms with van der Waals surface area (Å²) in [7, 11) is 0. The van der Waals surface area contributed by atoms with Gasteiger partial charge in [-0.1, -0.05) is 26.7 Å². The SMILES string of the molecule is CCCCN(CCCC)CC(=O)OC(C)C. The number of hydrogen-bond acceptors (Lipinski definition) is 3. The maximum Gasteiger partial charge on any atom is 0.320 e. The highest BCUT2D eigenvalue weighted by Gasteiger charge is 2.11. The first-order valence-electron chi connectivity index (χ1n) is 6.52. The zero-order valence-corrected chi connectivity index (χ0v) is 11.3. The summed E-state index contributed by atoms with van der Waals surface area (Å²) in [6.07, 6.45) is 4.63. The van der Waals surface area contributed by atoms with Gasteiger partial charge in [-0.25, -0.2) is 0 Å². The third kappa shape index (κ3) is 8.72. The zero-order chi connectivity index (χ0) is 12.4. The fourth-order valence-electron chi connectivity index (χ4n) is 1.52. The van der Waals surface area contributed by atoms with Crippen LogP contribution in [0.1, 0.15) is 53.4 Å². The largest absolute Gasteiger partial charge is 0.462 e. The summed E-state index contributed by atoms with van der Waals surface area (Å²) in [6.45, 7) is 10.6. The molecule has 0 aromatic rings. The minimum atomic E-state index is -0.0952. The van der Waals surface area contributed by atoms with Crippen molar-refractivity contribution in [3.8, 4) is 0 Å². The number of ether oxygens (including phenoxy) is 1. The van der Waals surface area contributed by atoms with E-state index in [-0.39, 0.29) is 12.1 Å². The van der Waals surface area contributed by atoms with Crippen LogP contribution in [0.25, 0.3) is 0 Å². The molecule has 0 aromatic heterocycles. The van der Waals surface area contributed by atoms with E-state index in [2.05, 4.69) is 18.7 Å². The summed E-state index contributed by atoms with van der Waals surface area (Å²) < 4.78 is 5.16. The maximum atomic E-state index is 11.5. The quantitative estimate of drug-likeness (QED) is 0.569. The molecule has 0 saturated carbocycles. The van der Waals surface area contributed by atoms with E-state index in [1.807, 2.05) is 13.8 Å². The number of carbonyl (C=O) groups excluding carboxylic acids is 1. The lowest BCUT2D eigenvalue weighted by molar-refractivity contribution is -0.148. The Bertz CT molecular complexity index is 173. The second-order valence-electron chi connectivity index (χ2n) is 4.52. The summed E-state index contributed by atoms with van der Waals surface area (Å²) in [4.78, 5) is 13.7. The van der Waals surface area contributed by atoms with Crippen LogP contribution in [0.4, 0.5) is 0 Å². The summed E-state index contributed by atoms with van der Waals surface area (Å²) in [5.41, 5.74) is 0. The van der Waals surface area contributed by atoms with Crippen molar-refractivity contribution in [2.24, 2.45) is 0 Å². The highest BCUT2D eigenvalue weighted by molar-refractivity contribution is 5.71. The molecule has 16 heavy (non-hydrogen) atoms. The molecule has 0 radical (unpaired) electrons. The van der Waals surface area contributed by atoms with Crippen LogP contribution in [0.5, 0.6) is 0 Å². The molecule has 0 bridgehead atoms. The van der Waals surface area contributed by atoms with E-state index in [0.717, 1.165) is 25.9 Å². The summed E-state index contributed by atoms with van der Waals surface area (Å²) in [6, 6.07) is 0. The molecule has 0 aliphatic heterocycles. The fourth-order valence-corrected chi connectivity index (χ4v) is 1.52. The first-order valence-corrected chi connectivity index (χ1v) is 6.52. The second kappa shape index (κ2) is 9.64. The van der Waals surface area contributed by atoms with E-state index >= 15 is 0 Å². The molecule has 0 N–H and O–H groups in total. The number of carbonyl (C=O) groups is 1. The van der Waals surface area contributed by atoms with Crippen LogP contribution in [0.15, 0.2) is 0 Å². The fraction of sp³-hybridized carbons (Fsp3) is 0.923. The van der Waals surface area contributed by atoms with Gasteiger partial charge in [0.05, 0.1) is 12.6 Å². The van der Waals surface area contributed by atoms with Crippen molar-refractivity contribution in [1.82, 2.24) is 4.90 Å². The molecule has 0 aliphatic carbocycles. The second-order valence-corrected chi connectivity index (χ2v) is 4.52. The highest BCUT2D eigenvalue weighted by atomic mass is 16.5. The van der Waals surface area contributed by atoms with Crippen LogP contribution in [-0.2, 0) is 9.53 Å². The number of unbranched alkanes of at least 4 members (excludes halogenated alkanes) is 2. The minimum absolute atomic E-state index is 0.00768. The lowest BCUT2D eigenvalue weighted by atomic mass is 10.2. The summed E-state index contributed by atoms with van der Waals surface area (Å²) in [5, 5.41) is 0. The van der Waals surface area contributed by atoms with Gasteiger partial charge in [0, 0.05) is 0 Å². The van der Waals surface area contributed by atoms with Crippen molar-refractivity contribution in [3.63, 3.8) is 0 Å². The van der Waals surface area contributed by atoms with Gasteiger partial charge in [0.25, 0.3) is 0 Å². The van der Waals surface area contributed by atoms with Gasteiger partial charge >= 0.3 is 5.97 Å².